The molecule has 6 nitrogen and oxygen atoms in total. The van der Waals surface area contributed by atoms with Crippen LogP contribution in [0.1, 0.15) is 39.9 Å². The van der Waals surface area contributed by atoms with Gasteiger partial charge in [-0.15, -0.1) is 0 Å². The first-order valence-corrected chi connectivity index (χ1v) is 7.35. The van der Waals surface area contributed by atoms with Gasteiger partial charge < -0.3 is 14.8 Å². The predicted octanol–water partition coefficient (Wildman–Crippen LogP) is 1.97. The summed E-state index contributed by atoms with van der Waals surface area (Å²) in [5.74, 6) is -0.0458. The van der Waals surface area contributed by atoms with E-state index in [0.717, 1.165) is 23.9 Å². The van der Waals surface area contributed by atoms with Gasteiger partial charge in [0.1, 0.15) is 4.88 Å². The van der Waals surface area contributed by atoms with E-state index in [-0.39, 0.29) is 11.5 Å². The van der Waals surface area contributed by atoms with Gasteiger partial charge in [0.05, 0.1) is 13.7 Å². The second-order valence-electron chi connectivity index (χ2n) is 4.69. The number of hydrogen-bond donors (Lipinski definition) is 1. The molecule has 0 radical (unpaired) electrons. The summed E-state index contributed by atoms with van der Waals surface area (Å²) < 4.78 is 10.1. The Morgan fingerprint density at radius 2 is 2.20 bits per heavy atom. The smallest absolute Gasteiger partial charge is 0.358 e. The van der Waals surface area contributed by atoms with Crippen LogP contribution in [0.25, 0.3) is 0 Å². The summed E-state index contributed by atoms with van der Waals surface area (Å²) in [6.07, 6.45) is 2.54. The summed E-state index contributed by atoms with van der Waals surface area (Å²) in [5, 5.41) is 3.59. The van der Waals surface area contributed by atoms with Crippen molar-refractivity contribution < 1.29 is 19.1 Å². The molecule has 0 bridgehead atoms. The van der Waals surface area contributed by atoms with Crippen molar-refractivity contribution in [3.05, 3.63) is 10.6 Å². The van der Waals surface area contributed by atoms with Crippen molar-refractivity contribution in [2.75, 3.05) is 32.2 Å². The molecule has 1 saturated carbocycles. The Morgan fingerprint density at radius 3 is 2.80 bits per heavy atom. The van der Waals surface area contributed by atoms with Gasteiger partial charge in [0.15, 0.2) is 16.6 Å². The summed E-state index contributed by atoms with van der Waals surface area (Å²) in [5.41, 5.74) is 0.0754. The molecule has 1 aliphatic carbocycles. The third-order valence-electron chi connectivity index (χ3n) is 2.90. The zero-order valence-electron chi connectivity index (χ0n) is 11.6. The number of hydrogen-bond acceptors (Lipinski definition) is 7. The van der Waals surface area contributed by atoms with Crippen LogP contribution in [0.3, 0.4) is 0 Å². The van der Waals surface area contributed by atoms with Gasteiger partial charge in [-0.1, -0.05) is 11.3 Å². The van der Waals surface area contributed by atoms with Gasteiger partial charge in [0.2, 0.25) is 0 Å². The van der Waals surface area contributed by atoms with Crippen LogP contribution in [0, 0.1) is 5.92 Å². The molecule has 1 aromatic heterocycles. The van der Waals surface area contributed by atoms with Crippen LogP contribution in [0.4, 0.5) is 5.13 Å². The molecule has 1 aromatic rings. The highest BCUT2D eigenvalue weighted by Crippen LogP contribution is 2.28. The second kappa shape index (κ2) is 6.81. The third-order valence-corrected chi connectivity index (χ3v) is 4.01. The first kappa shape index (κ1) is 14.9. The molecule has 7 heteroatoms. The van der Waals surface area contributed by atoms with Crippen molar-refractivity contribution in [1.82, 2.24) is 4.98 Å². The van der Waals surface area contributed by atoms with Crippen LogP contribution in [-0.4, -0.2) is 43.6 Å². The van der Waals surface area contributed by atoms with Crippen molar-refractivity contribution in [1.29, 1.82) is 0 Å². The highest BCUT2D eigenvalue weighted by molar-refractivity contribution is 7.17. The number of aromatic nitrogens is 1. The first-order valence-electron chi connectivity index (χ1n) is 6.53. The lowest BCUT2D eigenvalue weighted by molar-refractivity contribution is 0.0591. The molecule has 0 aromatic carbocycles. The molecule has 0 saturated heterocycles. The molecule has 0 atom stereocenters. The van der Waals surface area contributed by atoms with Crippen LogP contribution in [0.5, 0.6) is 0 Å². The Kier molecular flexibility index (Phi) is 5.08. The van der Waals surface area contributed by atoms with Crippen LogP contribution < -0.4 is 5.32 Å². The van der Waals surface area contributed by atoms with Crippen molar-refractivity contribution >= 4 is 28.2 Å². The van der Waals surface area contributed by atoms with Gasteiger partial charge in [-0.2, -0.15) is 0 Å². The number of rotatable bonds is 8. The third kappa shape index (κ3) is 4.01. The van der Waals surface area contributed by atoms with Gasteiger partial charge in [-0.3, -0.25) is 4.79 Å². The van der Waals surface area contributed by atoms with E-state index in [0.29, 0.717) is 23.2 Å². The lowest BCUT2D eigenvalue weighted by atomic mass is 10.3. The number of Topliss-reactive ketones (excluding diaryl/α,β-unsaturated/α-hetero) is 1. The van der Waals surface area contributed by atoms with E-state index >= 15 is 0 Å². The van der Waals surface area contributed by atoms with Crippen LogP contribution >= 0.6 is 11.3 Å². The summed E-state index contributed by atoms with van der Waals surface area (Å²) in [6.45, 7) is 3.39. The highest BCUT2D eigenvalue weighted by atomic mass is 32.1. The van der Waals surface area contributed by atoms with E-state index in [1.165, 1.54) is 26.9 Å². The highest BCUT2D eigenvalue weighted by Gasteiger charge is 2.22. The molecule has 20 heavy (non-hydrogen) atoms. The molecule has 0 aliphatic heterocycles. The molecule has 2 rings (SSSR count). The standard InChI is InChI=1S/C13H18N2O4S/c1-8(16)11-10(12(17)18-2)15-13(20-11)14-5-6-19-7-9-3-4-9/h9H,3-7H2,1-2H3,(H,14,15). The Labute approximate surface area is 121 Å². The van der Waals surface area contributed by atoms with Gasteiger partial charge in [-0.25, -0.2) is 9.78 Å². The van der Waals surface area contributed by atoms with Crippen LogP contribution in [0.2, 0.25) is 0 Å². The minimum atomic E-state index is -0.593. The number of carbonyl (C=O) groups excluding carboxylic acids is 2. The normalized spacial score (nSPS) is 14.1. The number of ketones is 1. The zero-order valence-corrected chi connectivity index (χ0v) is 12.4. The van der Waals surface area contributed by atoms with Gasteiger partial charge in [-0.05, 0) is 18.8 Å². The van der Waals surface area contributed by atoms with E-state index in [1.54, 1.807) is 0 Å². The van der Waals surface area contributed by atoms with E-state index in [2.05, 4.69) is 15.0 Å². The number of nitrogens with one attached hydrogen (secondary N) is 1. The number of anilines is 1. The summed E-state index contributed by atoms with van der Waals surface area (Å²) in [6, 6.07) is 0. The van der Waals surface area contributed by atoms with Gasteiger partial charge in [0, 0.05) is 20.1 Å². The van der Waals surface area contributed by atoms with Crippen molar-refractivity contribution in [3.63, 3.8) is 0 Å². The maximum absolute atomic E-state index is 11.5. The quantitative estimate of drug-likeness (QED) is 0.449. The largest absolute Gasteiger partial charge is 0.464 e. The maximum Gasteiger partial charge on any atom is 0.358 e. The Morgan fingerprint density at radius 1 is 1.45 bits per heavy atom. The number of methoxy groups -OCH3 is 1. The molecule has 0 unspecified atom stereocenters. The number of thiazole rings is 1. The Balaban J connectivity index is 1.86. The Bertz CT molecular complexity index is 497. The van der Waals surface area contributed by atoms with E-state index in [9.17, 15) is 9.59 Å². The van der Waals surface area contributed by atoms with Crippen molar-refractivity contribution in [2.24, 2.45) is 5.92 Å². The van der Waals surface area contributed by atoms with Crippen molar-refractivity contribution in [3.8, 4) is 0 Å². The SMILES string of the molecule is COC(=O)c1nc(NCCOCC2CC2)sc1C(C)=O. The number of nitrogens with zero attached hydrogens (tertiary/aromatic N) is 1. The molecular weight excluding hydrogens is 280 g/mol. The fourth-order valence-electron chi connectivity index (χ4n) is 1.63. The molecule has 0 amide bonds. The topological polar surface area (TPSA) is 77.5 Å². The number of esters is 1. The molecule has 1 heterocycles. The lowest BCUT2D eigenvalue weighted by Crippen LogP contribution is -2.11. The average molecular weight is 298 g/mol. The molecule has 1 N–H and O–H groups in total. The monoisotopic (exact) mass is 298 g/mol. The lowest BCUT2D eigenvalue weighted by Gasteiger charge is -2.03. The minimum absolute atomic E-state index is 0.0754. The molecule has 110 valence electrons. The maximum atomic E-state index is 11.5. The summed E-state index contributed by atoms with van der Waals surface area (Å²) in [7, 11) is 1.27. The average Bonchev–Trinajstić information content (AvgIpc) is 3.15. The molecule has 1 aliphatic rings. The number of ether oxygens (including phenoxy) is 2. The Hall–Kier alpha value is -1.47. The van der Waals surface area contributed by atoms with Gasteiger partial charge in [0.25, 0.3) is 0 Å². The fourth-order valence-corrected chi connectivity index (χ4v) is 2.51. The molecule has 0 spiro atoms. The second-order valence-corrected chi connectivity index (χ2v) is 5.69. The first-order chi connectivity index (χ1) is 9.61. The van der Waals surface area contributed by atoms with Gasteiger partial charge >= 0.3 is 5.97 Å². The van der Waals surface area contributed by atoms with Crippen molar-refractivity contribution in [2.45, 2.75) is 19.8 Å². The summed E-state index contributed by atoms with van der Waals surface area (Å²) >= 11 is 1.16. The van der Waals surface area contributed by atoms with Crippen LogP contribution in [0.15, 0.2) is 0 Å². The van der Waals surface area contributed by atoms with E-state index in [1.807, 2.05) is 0 Å². The fraction of sp³-hybridized carbons (Fsp3) is 0.615. The molecular formula is C13H18N2O4S. The predicted molar refractivity (Wildman–Crippen MR) is 75.5 cm³/mol. The minimum Gasteiger partial charge on any atom is -0.464 e. The molecule has 1 fully saturated rings. The van der Waals surface area contributed by atoms with E-state index < -0.39 is 5.97 Å². The summed E-state index contributed by atoms with van der Waals surface area (Å²) in [4.78, 5) is 27.4. The van der Waals surface area contributed by atoms with Crippen LogP contribution in [-0.2, 0) is 9.47 Å². The van der Waals surface area contributed by atoms with E-state index in [4.69, 9.17) is 4.74 Å². The zero-order chi connectivity index (χ0) is 14.5. The number of carbonyl (C=O) groups is 2.